The number of anilines is 2. The molecule has 0 heterocycles. The number of rotatable bonds is 4. The summed E-state index contributed by atoms with van der Waals surface area (Å²) in [5.74, 6) is -0.392. The fourth-order valence-corrected chi connectivity index (χ4v) is 1.29. The number of aliphatic hydroxyl groups excluding tert-OH is 1. The van der Waals surface area contributed by atoms with Crippen molar-refractivity contribution in [3.05, 3.63) is 28.3 Å². The Morgan fingerprint density at radius 3 is 2.71 bits per heavy atom. The molecule has 0 radical (unpaired) electrons. The van der Waals surface area contributed by atoms with Crippen molar-refractivity contribution >= 4 is 23.0 Å². The fourth-order valence-electron chi connectivity index (χ4n) is 1.29. The summed E-state index contributed by atoms with van der Waals surface area (Å²) in [5.41, 5.74) is 0.498. The average Bonchev–Trinajstić information content (AvgIpc) is 2.26. The van der Waals surface area contributed by atoms with E-state index < -0.39 is 10.8 Å². The lowest BCUT2D eigenvalue weighted by Crippen LogP contribution is -2.18. The summed E-state index contributed by atoms with van der Waals surface area (Å²) >= 11 is 0. The van der Waals surface area contributed by atoms with Crippen molar-refractivity contribution < 1.29 is 14.8 Å². The van der Waals surface area contributed by atoms with Crippen molar-refractivity contribution in [3.63, 3.8) is 0 Å². The zero-order valence-electron chi connectivity index (χ0n) is 9.51. The molecule has 0 saturated heterocycles. The minimum absolute atomic E-state index is 0.111. The van der Waals surface area contributed by atoms with Crippen molar-refractivity contribution in [3.8, 4) is 0 Å². The molecular weight excluding hydrogens is 226 g/mol. The molecule has 7 nitrogen and oxygen atoms in total. The molecule has 1 aromatic rings. The van der Waals surface area contributed by atoms with Crippen LogP contribution in [0.4, 0.5) is 17.1 Å². The summed E-state index contributed by atoms with van der Waals surface area (Å²) in [6.07, 6.45) is 0. The van der Waals surface area contributed by atoms with E-state index in [2.05, 4.69) is 5.32 Å². The number of nitrogens with one attached hydrogen (secondary N) is 1. The normalized spacial score (nSPS) is 9.82. The maximum Gasteiger partial charge on any atom is 0.292 e. The molecule has 0 saturated carbocycles. The lowest BCUT2D eigenvalue weighted by Gasteiger charge is -2.16. The number of amides is 1. The van der Waals surface area contributed by atoms with Crippen LogP contribution in [0.1, 0.15) is 6.92 Å². The van der Waals surface area contributed by atoms with Crippen LogP contribution in [0.5, 0.6) is 0 Å². The lowest BCUT2D eigenvalue weighted by molar-refractivity contribution is -0.383. The minimum atomic E-state index is -0.575. The van der Waals surface area contributed by atoms with Gasteiger partial charge in [-0.15, -0.1) is 0 Å². The first-order chi connectivity index (χ1) is 7.95. The number of hydrogen-bond acceptors (Lipinski definition) is 5. The van der Waals surface area contributed by atoms with Gasteiger partial charge < -0.3 is 15.3 Å². The van der Waals surface area contributed by atoms with Gasteiger partial charge in [0.25, 0.3) is 5.69 Å². The second-order valence-electron chi connectivity index (χ2n) is 3.48. The molecule has 0 aromatic heterocycles. The monoisotopic (exact) mass is 239 g/mol. The van der Waals surface area contributed by atoms with Crippen molar-refractivity contribution in [1.82, 2.24) is 0 Å². The summed E-state index contributed by atoms with van der Waals surface area (Å²) in [6, 6.07) is 4.22. The van der Waals surface area contributed by atoms with Crippen LogP contribution >= 0.6 is 0 Å². The van der Waals surface area contributed by atoms with E-state index in [4.69, 9.17) is 5.11 Å². The van der Waals surface area contributed by atoms with E-state index in [1.807, 2.05) is 0 Å². The largest absolute Gasteiger partial charge is 0.376 e. The molecule has 7 heteroatoms. The summed E-state index contributed by atoms with van der Waals surface area (Å²) in [7, 11) is 1.62. The van der Waals surface area contributed by atoms with Crippen LogP contribution in [0.2, 0.25) is 0 Å². The highest BCUT2D eigenvalue weighted by Gasteiger charge is 2.16. The molecule has 0 unspecified atom stereocenters. The Kier molecular flexibility index (Phi) is 4.00. The van der Waals surface area contributed by atoms with E-state index in [9.17, 15) is 14.9 Å². The van der Waals surface area contributed by atoms with Gasteiger partial charge in [0.05, 0.1) is 4.92 Å². The first-order valence-electron chi connectivity index (χ1n) is 4.83. The molecule has 0 spiro atoms. The summed E-state index contributed by atoms with van der Waals surface area (Å²) in [4.78, 5) is 22.6. The zero-order chi connectivity index (χ0) is 13.0. The molecule has 92 valence electrons. The van der Waals surface area contributed by atoms with Gasteiger partial charge in [-0.3, -0.25) is 14.9 Å². The summed E-state index contributed by atoms with van der Waals surface area (Å²) < 4.78 is 0. The predicted octanol–water partition coefficient (Wildman–Crippen LogP) is 0.939. The topological polar surface area (TPSA) is 95.7 Å². The first-order valence-corrected chi connectivity index (χ1v) is 4.83. The second kappa shape index (κ2) is 5.26. The van der Waals surface area contributed by atoms with Gasteiger partial charge in [0.15, 0.2) is 0 Å². The number of hydrogen-bond donors (Lipinski definition) is 2. The van der Waals surface area contributed by atoms with Crippen molar-refractivity contribution in [2.75, 3.05) is 24.0 Å². The molecule has 0 bridgehead atoms. The molecule has 0 aliphatic carbocycles. The zero-order valence-corrected chi connectivity index (χ0v) is 9.51. The third-order valence-electron chi connectivity index (χ3n) is 2.14. The summed E-state index contributed by atoms with van der Waals surface area (Å²) in [5, 5.41) is 22.1. The number of nitrogens with zero attached hydrogens (tertiary/aromatic N) is 2. The van der Waals surface area contributed by atoms with Gasteiger partial charge in [-0.05, 0) is 12.1 Å². The number of aliphatic hydroxyl groups is 1. The maximum absolute atomic E-state index is 10.9. The van der Waals surface area contributed by atoms with Crippen LogP contribution in [-0.4, -0.2) is 29.7 Å². The number of carbonyl (C=O) groups excluding carboxylic acids is 1. The standard InChI is InChI=1S/C10H13N3O4/c1-7(15)11-9-5-8(12(2)6-14)3-4-10(9)13(16)17/h3-5,14H,6H2,1-2H3,(H,11,15). The van der Waals surface area contributed by atoms with Gasteiger partial charge in [-0.1, -0.05) is 0 Å². The molecule has 1 amide bonds. The SMILES string of the molecule is CC(=O)Nc1cc(N(C)CO)ccc1[N+](=O)[O-]. The predicted molar refractivity (Wildman–Crippen MR) is 62.9 cm³/mol. The van der Waals surface area contributed by atoms with Crippen LogP contribution in [0.15, 0.2) is 18.2 Å². The van der Waals surface area contributed by atoms with Gasteiger partial charge in [0.1, 0.15) is 12.4 Å². The molecule has 0 atom stereocenters. The quantitative estimate of drug-likeness (QED) is 0.463. The van der Waals surface area contributed by atoms with Crippen molar-refractivity contribution in [1.29, 1.82) is 0 Å². The Labute approximate surface area is 97.8 Å². The molecule has 17 heavy (non-hydrogen) atoms. The molecular formula is C10H13N3O4. The Morgan fingerprint density at radius 2 is 2.24 bits per heavy atom. The van der Waals surface area contributed by atoms with Crippen LogP contribution in [0, 0.1) is 10.1 Å². The molecule has 1 rings (SSSR count). The molecule has 0 aliphatic rings. The van der Waals surface area contributed by atoms with Crippen molar-refractivity contribution in [2.45, 2.75) is 6.92 Å². The maximum atomic E-state index is 10.9. The Hall–Kier alpha value is -2.15. The smallest absolute Gasteiger partial charge is 0.292 e. The third-order valence-corrected chi connectivity index (χ3v) is 2.14. The molecule has 0 fully saturated rings. The van der Waals surface area contributed by atoms with Gasteiger partial charge >= 0.3 is 0 Å². The molecule has 2 N–H and O–H groups in total. The van der Waals surface area contributed by atoms with E-state index in [1.54, 1.807) is 7.05 Å². The summed E-state index contributed by atoms with van der Waals surface area (Å²) in [6.45, 7) is 1.05. The van der Waals surface area contributed by atoms with E-state index >= 15 is 0 Å². The minimum Gasteiger partial charge on any atom is -0.376 e. The van der Waals surface area contributed by atoms with Gasteiger partial charge in [-0.2, -0.15) is 0 Å². The van der Waals surface area contributed by atoms with E-state index in [1.165, 1.54) is 30.0 Å². The Bertz CT molecular complexity index is 447. The highest BCUT2D eigenvalue weighted by molar-refractivity contribution is 5.92. The Balaban J connectivity index is 3.18. The number of carbonyl (C=O) groups is 1. The van der Waals surface area contributed by atoms with Crippen LogP contribution in [0.25, 0.3) is 0 Å². The van der Waals surface area contributed by atoms with Gasteiger partial charge in [0.2, 0.25) is 5.91 Å². The van der Waals surface area contributed by atoms with Gasteiger partial charge in [-0.25, -0.2) is 0 Å². The Morgan fingerprint density at radius 1 is 1.59 bits per heavy atom. The van der Waals surface area contributed by atoms with Crippen LogP contribution in [-0.2, 0) is 4.79 Å². The van der Waals surface area contributed by atoms with Crippen LogP contribution < -0.4 is 10.2 Å². The van der Waals surface area contributed by atoms with Crippen molar-refractivity contribution in [2.24, 2.45) is 0 Å². The lowest BCUT2D eigenvalue weighted by atomic mass is 10.2. The fraction of sp³-hybridized carbons (Fsp3) is 0.300. The highest BCUT2D eigenvalue weighted by Crippen LogP contribution is 2.28. The first kappa shape index (κ1) is 12.9. The molecule has 1 aromatic carbocycles. The number of nitro groups is 1. The van der Waals surface area contributed by atoms with E-state index in [0.717, 1.165) is 0 Å². The van der Waals surface area contributed by atoms with E-state index in [-0.39, 0.29) is 18.1 Å². The average molecular weight is 239 g/mol. The second-order valence-corrected chi connectivity index (χ2v) is 3.48. The van der Waals surface area contributed by atoms with Crippen LogP contribution in [0.3, 0.4) is 0 Å². The van der Waals surface area contributed by atoms with Gasteiger partial charge in [0, 0.05) is 25.7 Å². The highest BCUT2D eigenvalue weighted by atomic mass is 16.6. The van der Waals surface area contributed by atoms with E-state index in [0.29, 0.717) is 5.69 Å². The number of nitro benzene ring substituents is 1. The molecule has 0 aliphatic heterocycles. The third kappa shape index (κ3) is 3.15. The number of benzene rings is 1.